The van der Waals surface area contributed by atoms with E-state index in [-0.39, 0.29) is 40.3 Å². The average Bonchev–Trinajstić information content (AvgIpc) is 3.30. The van der Waals surface area contributed by atoms with Crippen LogP contribution in [0.2, 0.25) is 5.02 Å². The molecular formula is C29H28ClF3N2O4. The molecule has 1 saturated carbocycles. The van der Waals surface area contributed by atoms with E-state index < -0.39 is 29.7 Å². The normalized spacial score (nSPS) is 22.4. The second kappa shape index (κ2) is 11.1. The smallest absolute Gasteiger partial charge is 0.387 e. The van der Waals surface area contributed by atoms with Gasteiger partial charge in [0.15, 0.2) is 17.2 Å². The van der Waals surface area contributed by atoms with Crippen LogP contribution in [0.5, 0.6) is 11.5 Å². The molecule has 1 atom stereocenters. The Kier molecular flexibility index (Phi) is 7.75. The minimum atomic E-state index is -3.27. The van der Waals surface area contributed by atoms with E-state index >= 15 is 4.39 Å². The minimum Gasteiger partial charge on any atom is -0.481 e. The summed E-state index contributed by atoms with van der Waals surface area (Å²) in [7, 11) is 0. The largest absolute Gasteiger partial charge is 0.481 e. The first-order valence-electron chi connectivity index (χ1n) is 12.7. The number of nitrogens with one attached hydrogen (secondary N) is 1. The molecule has 0 radical (unpaired) electrons. The average molecular weight is 561 g/mol. The molecule has 10 heteroatoms. The van der Waals surface area contributed by atoms with Crippen LogP contribution in [-0.4, -0.2) is 36.3 Å². The number of alkyl halides is 2. The van der Waals surface area contributed by atoms with Crippen LogP contribution in [0.4, 0.5) is 13.2 Å². The van der Waals surface area contributed by atoms with E-state index in [1.165, 1.54) is 6.07 Å². The van der Waals surface area contributed by atoms with E-state index in [1.807, 2.05) is 30.3 Å². The zero-order valence-corrected chi connectivity index (χ0v) is 21.7. The van der Waals surface area contributed by atoms with Gasteiger partial charge < -0.3 is 25.6 Å². The zero-order chi connectivity index (χ0) is 27.7. The lowest BCUT2D eigenvalue weighted by Crippen LogP contribution is -2.46. The number of benzene rings is 3. The highest BCUT2D eigenvalue weighted by atomic mass is 35.5. The van der Waals surface area contributed by atoms with Gasteiger partial charge in [-0.15, -0.1) is 0 Å². The first-order valence-corrected chi connectivity index (χ1v) is 13.1. The van der Waals surface area contributed by atoms with E-state index in [1.54, 1.807) is 6.07 Å². The van der Waals surface area contributed by atoms with Crippen molar-refractivity contribution in [1.29, 1.82) is 0 Å². The molecule has 2 aliphatic rings. The van der Waals surface area contributed by atoms with Crippen LogP contribution in [0.1, 0.15) is 47.2 Å². The van der Waals surface area contributed by atoms with Gasteiger partial charge in [-0.1, -0.05) is 41.9 Å². The van der Waals surface area contributed by atoms with Crippen molar-refractivity contribution in [1.82, 2.24) is 5.32 Å². The Bertz CT molecular complexity index is 1370. The molecular weight excluding hydrogens is 533 g/mol. The Morgan fingerprint density at radius 2 is 1.82 bits per heavy atom. The Balaban J connectivity index is 1.59. The van der Waals surface area contributed by atoms with Crippen LogP contribution in [-0.2, 0) is 12.0 Å². The number of aliphatic hydroxyl groups excluding tert-OH is 1. The van der Waals surface area contributed by atoms with Gasteiger partial charge in [-0.05, 0) is 55.5 Å². The van der Waals surface area contributed by atoms with Gasteiger partial charge in [0.2, 0.25) is 5.91 Å². The Morgan fingerprint density at radius 3 is 2.49 bits per heavy atom. The van der Waals surface area contributed by atoms with Gasteiger partial charge in [0.25, 0.3) is 0 Å². The Labute approximate surface area is 228 Å². The van der Waals surface area contributed by atoms with Crippen molar-refractivity contribution in [2.45, 2.75) is 56.5 Å². The molecule has 0 spiro atoms. The number of nitrogens with two attached hydrogens (primary N) is 1. The van der Waals surface area contributed by atoms with Crippen LogP contribution in [0, 0.1) is 5.82 Å². The van der Waals surface area contributed by atoms with Gasteiger partial charge in [-0.25, -0.2) is 4.39 Å². The second-order valence-electron chi connectivity index (χ2n) is 9.97. The molecule has 1 aliphatic carbocycles. The van der Waals surface area contributed by atoms with Crippen molar-refractivity contribution in [3.63, 3.8) is 0 Å². The molecule has 3 aromatic rings. The fraction of sp³-hybridized carbons (Fsp3) is 0.345. The second-order valence-corrected chi connectivity index (χ2v) is 10.4. The highest BCUT2D eigenvalue weighted by Crippen LogP contribution is 2.49. The number of aliphatic hydroxyl groups is 1. The van der Waals surface area contributed by atoms with E-state index in [0.29, 0.717) is 30.7 Å². The first-order chi connectivity index (χ1) is 18.7. The molecule has 0 saturated heterocycles. The zero-order valence-electron chi connectivity index (χ0n) is 20.9. The Hall–Kier alpha value is -3.27. The number of carbonyl (C=O) groups excluding carboxylic acids is 1. The molecule has 1 aliphatic heterocycles. The van der Waals surface area contributed by atoms with Crippen LogP contribution in [0.15, 0.2) is 54.6 Å². The maximum absolute atomic E-state index is 15.7. The number of fused-ring (bicyclic) bond motifs is 1. The number of hydrogen-bond acceptors (Lipinski definition) is 5. The molecule has 0 unspecified atom stereocenters. The molecule has 1 amide bonds. The molecule has 39 heavy (non-hydrogen) atoms. The third kappa shape index (κ3) is 5.44. The molecule has 0 aromatic heterocycles. The molecule has 3 aromatic carbocycles. The monoisotopic (exact) mass is 560 g/mol. The number of primary amides is 1. The lowest BCUT2D eigenvalue weighted by atomic mass is 9.84. The third-order valence-electron chi connectivity index (χ3n) is 7.50. The van der Waals surface area contributed by atoms with Crippen molar-refractivity contribution in [2.75, 3.05) is 6.54 Å². The van der Waals surface area contributed by atoms with E-state index in [9.17, 15) is 18.7 Å². The highest BCUT2D eigenvalue weighted by molar-refractivity contribution is 6.34. The van der Waals surface area contributed by atoms with Gasteiger partial charge in [-0.2, -0.15) is 8.78 Å². The van der Waals surface area contributed by atoms with Gasteiger partial charge >= 0.3 is 6.61 Å². The maximum Gasteiger partial charge on any atom is 0.387 e. The minimum absolute atomic E-state index is 0.103. The van der Waals surface area contributed by atoms with Crippen molar-refractivity contribution in [3.8, 4) is 22.6 Å². The summed E-state index contributed by atoms with van der Waals surface area (Å²) >= 11 is 6.60. The van der Waals surface area contributed by atoms with Gasteiger partial charge in [0.05, 0.1) is 11.7 Å². The SMILES string of the molecule is NC(=O)c1ccc(OC(F)F)c(F)c1-c1c(Cl)ccc2c1C[C@@](CNC1CCC(O)CC1)(c1ccccc1)O2. The number of halogens is 4. The summed E-state index contributed by atoms with van der Waals surface area (Å²) in [6.45, 7) is -2.87. The van der Waals surface area contributed by atoms with E-state index in [0.717, 1.165) is 30.5 Å². The van der Waals surface area contributed by atoms with Gasteiger partial charge in [0.1, 0.15) is 5.75 Å². The predicted octanol–water partition coefficient (Wildman–Crippen LogP) is 5.57. The summed E-state index contributed by atoms with van der Waals surface area (Å²) in [6.07, 6.45) is 3.02. The molecule has 4 N–H and O–H groups in total. The quantitative estimate of drug-likeness (QED) is 0.335. The fourth-order valence-electron chi connectivity index (χ4n) is 5.56. The van der Waals surface area contributed by atoms with Crippen molar-refractivity contribution in [3.05, 3.63) is 82.1 Å². The Morgan fingerprint density at radius 1 is 1.10 bits per heavy atom. The van der Waals surface area contributed by atoms with Gasteiger partial charge in [0, 0.05) is 40.7 Å². The first kappa shape index (κ1) is 27.3. The maximum atomic E-state index is 15.7. The molecule has 5 rings (SSSR count). The number of carbonyl (C=O) groups is 1. The van der Waals surface area contributed by atoms with Gasteiger partial charge in [-0.3, -0.25) is 4.79 Å². The molecule has 6 nitrogen and oxygen atoms in total. The number of hydrogen-bond donors (Lipinski definition) is 3. The summed E-state index contributed by atoms with van der Waals surface area (Å²) in [5.41, 5.74) is 5.64. The summed E-state index contributed by atoms with van der Waals surface area (Å²) < 4.78 is 52.7. The highest BCUT2D eigenvalue weighted by Gasteiger charge is 2.44. The summed E-state index contributed by atoms with van der Waals surface area (Å²) in [5.74, 6) is -2.42. The van der Waals surface area contributed by atoms with Crippen LogP contribution < -0.4 is 20.5 Å². The van der Waals surface area contributed by atoms with Crippen molar-refractivity contribution >= 4 is 17.5 Å². The molecule has 1 fully saturated rings. The number of rotatable bonds is 8. The summed E-state index contributed by atoms with van der Waals surface area (Å²) in [4.78, 5) is 12.3. The van der Waals surface area contributed by atoms with Crippen molar-refractivity contribution in [2.24, 2.45) is 5.73 Å². The standard InChI is InChI=1S/C29H28ClF3N2O4/c30-21-11-13-22-20(24(21)25-19(27(34)37)10-12-23(26(25)31)38-28(32)33)14-29(39-22,16-4-2-1-3-5-16)15-35-17-6-8-18(36)9-7-17/h1-5,10-13,17-18,28,35-36H,6-9,14-15H2,(H2,34,37)/t17?,18?,29-/m1/s1. The summed E-state index contributed by atoms with van der Waals surface area (Å²) in [5, 5.41) is 13.6. The van der Waals surface area contributed by atoms with E-state index in [4.69, 9.17) is 22.1 Å². The van der Waals surface area contributed by atoms with Crippen LogP contribution >= 0.6 is 11.6 Å². The summed E-state index contributed by atoms with van der Waals surface area (Å²) in [6, 6.07) is 15.0. The molecule has 0 bridgehead atoms. The lowest BCUT2D eigenvalue weighted by Gasteiger charge is -2.34. The lowest BCUT2D eigenvalue weighted by molar-refractivity contribution is -0.0521. The van der Waals surface area contributed by atoms with Crippen LogP contribution in [0.3, 0.4) is 0 Å². The third-order valence-corrected chi connectivity index (χ3v) is 7.81. The van der Waals surface area contributed by atoms with E-state index in [2.05, 4.69) is 10.1 Å². The fourth-order valence-corrected chi connectivity index (χ4v) is 5.83. The van der Waals surface area contributed by atoms with Crippen LogP contribution in [0.25, 0.3) is 11.1 Å². The number of ether oxygens (including phenoxy) is 2. The number of amides is 1. The topological polar surface area (TPSA) is 93.8 Å². The van der Waals surface area contributed by atoms with Crippen molar-refractivity contribution < 1.29 is 32.5 Å². The molecule has 206 valence electrons. The molecule has 1 heterocycles. The predicted molar refractivity (Wildman–Crippen MR) is 141 cm³/mol.